The molecule has 0 aliphatic heterocycles. The molecule has 1 aliphatic rings. The Balaban J connectivity index is 2.01. The highest BCUT2D eigenvalue weighted by molar-refractivity contribution is 5.91. The minimum Gasteiger partial charge on any atom is -0.353 e. The smallest absolute Gasteiger partial charge is 0.353 e. The van der Waals surface area contributed by atoms with Crippen molar-refractivity contribution in [2.75, 3.05) is 5.32 Å². The number of fused-ring (bicyclic) bond motifs is 1. The summed E-state index contributed by atoms with van der Waals surface area (Å²) in [6.07, 6.45) is 5.28. The number of halogens is 3. The lowest BCUT2D eigenvalue weighted by Gasteiger charge is -2.17. The number of benzene rings is 1. The molecule has 2 aromatic heterocycles. The Hall–Kier alpha value is -3.34. The van der Waals surface area contributed by atoms with Crippen molar-refractivity contribution in [1.29, 1.82) is 0 Å². The topological polar surface area (TPSA) is 59.8 Å². The summed E-state index contributed by atoms with van der Waals surface area (Å²) in [5.74, 6) is 2.80. The Morgan fingerprint density at radius 3 is 2.63 bits per heavy atom. The van der Waals surface area contributed by atoms with Gasteiger partial charge in [-0.25, -0.2) is 4.79 Å². The van der Waals surface area contributed by atoms with Crippen LogP contribution in [0.5, 0.6) is 0 Å². The molecule has 27 heavy (non-hydrogen) atoms. The summed E-state index contributed by atoms with van der Waals surface area (Å²) in [5.41, 5.74) is -1.78. The number of alkyl halides is 3. The molecular formula is C19H13F3N4O. The third-order valence-electron chi connectivity index (χ3n) is 4.51. The molecule has 1 saturated carbocycles. The van der Waals surface area contributed by atoms with Gasteiger partial charge in [0, 0.05) is 11.6 Å². The van der Waals surface area contributed by atoms with Crippen LogP contribution in [0.1, 0.15) is 18.4 Å². The van der Waals surface area contributed by atoms with Crippen LogP contribution in [0.2, 0.25) is 0 Å². The van der Waals surface area contributed by atoms with Gasteiger partial charge in [0.05, 0.1) is 28.5 Å². The minimum atomic E-state index is -4.54. The minimum absolute atomic E-state index is 0.0770. The summed E-state index contributed by atoms with van der Waals surface area (Å²) < 4.78 is 40.8. The van der Waals surface area contributed by atoms with Crippen molar-refractivity contribution in [1.82, 2.24) is 14.5 Å². The Morgan fingerprint density at radius 2 is 2.04 bits per heavy atom. The molecule has 2 heterocycles. The second kappa shape index (κ2) is 5.84. The van der Waals surface area contributed by atoms with E-state index in [1.807, 2.05) is 0 Å². The molecule has 8 heteroatoms. The summed E-state index contributed by atoms with van der Waals surface area (Å²) in [4.78, 5) is 20.6. The van der Waals surface area contributed by atoms with Crippen molar-refractivity contribution in [3.05, 3.63) is 58.8 Å². The quantitative estimate of drug-likeness (QED) is 0.718. The van der Waals surface area contributed by atoms with Crippen molar-refractivity contribution < 1.29 is 13.2 Å². The van der Waals surface area contributed by atoms with Gasteiger partial charge in [-0.3, -0.25) is 9.55 Å². The van der Waals surface area contributed by atoms with E-state index in [0.717, 1.165) is 16.7 Å². The molecule has 1 N–H and O–H groups in total. The lowest BCUT2D eigenvalue weighted by molar-refractivity contribution is -0.137. The second-order valence-corrected chi connectivity index (χ2v) is 6.37. The zero-order valence-electron chi connectivity index (χ0n) is 13.9. The number of anilines is 1. The van der Waals surface area contributed by atoms with E-state index in [1.54, 1.807) is 12.1 Å². The highest BCUT2D eigenvalue weighted by Gasteiger charge is 2.41. The maximum atomic E-state index is 13.2. The molecule has 3 aromatic rings. The van der Waals surface area contributed by atoms with E-state index in [2.05, 4.69) is 21.2 Å². The van der Waals surface area contributed by atoms with Crippen molar-refractivity contribution in [3.63, 3.8) is 0 Å². The number of hydrogen-bond donors (Lipinski definition) is 1. The normalized spacial score (nSPS) is 15.3. The SMILES string of the molecule is C#CC1(Nc2nc(=O)n(-c3cccnc3)c3cc(C(F)(F)F)ccc23)CC1. The van der Waals surface area contributed by atoms with Crippen LogP contribution >= 0.6 is 0 Å². The summed E-state index contributed by atoms with van der Waals surface area (Å²) in [6, 6.07) is 6.36. The second-order valence-electron chi connectivity index (χ2n) is 6.37. The number of terminal acetylenes is 1. The maximum absolute atomic E-state index is 13.2. The molecular weight excluding hydrogens is 357 g/mol. The molecule has 0 unspecified atom stereocenters. The van der Waals surface area contributed by atoms with Gasteiger partial charge in [-0.05, 0) is 43.2 Å². The number of hydrogen-bond acceptors (Lipinski definition) is 4. The van der Waals surface area contributed by atoms with E-state index in [1.165, 1.54) is 18.5 Å². The number of aromatic nitrogens is 3. The highest BCUT2D eigenvalue weighted by Crippen LogP contribution is 2.39. The molecule has 136 valence electrons. The summed E-state index contributed by atoms with van der Waals surface area (Å²) in [7, 11) is 0. The fourth-order valence-electron chi connectivity index (χ4n) is 2.89. The van der Waals surface area contributed by atoms with Crippen LogP contribution in [0, 0.1) is 12.3 Å². The summed E-state index contributed by atoms with van der Waals surface area (Å²) >= 11 is 0. The molecule has 0 bridgehead atoms. The fraction of sp³-hybridized carbons (Fsp3) is 0.211. The van der Waals surface area contributed by atoms with Gasteiger partial charge in [0.25, 0.3) is 0 Å². The van der Waals surface area contributed by atoms with Crippen LogP contribution in [0.25, 0.3) is 16.6 Å². The Kier molecular flexibility index (Phi) is 3.70. The summed E-state index contributed by atoms with van der Waals surface area (Å²) in [6.45, 7) is 0. The lowest BCUT2D eigenvalue weighted by atomic mass is 10.1. The molecule has 1 fully saturated rings. The van der Waals surface area contributed by atoms with Gasteiger partial charge in [-0.15, -0.1) is 6.42 Å². The zero-order valence-corrected chi connectivity index (χ0v) is 13.9. The van der Waals surface area contributed by atoms with Gasteiger partial charge in [-0.1, -0.05) is 5.92 Å². The Bertz CT molecular complexity index is 1130. The van der Waals surface area contributed by atoms with Gasteiger partial charge in [0.2, 0.25) is 0 Å². The molecule has 5 nitrogen and oxygen atoms in total. The number of rotatable bonds is 3. The standard InChI is InChI=1S/C19H13F3N4O/c1-2-18(7-8-18)25-16-14-6-5-12(19(20,21)22)10-15(14)26(17(27)24-16)13-4-3-9-23-11-13/h1,3-6,9-11H,7-8H2,(H,24,25,27). The van der Waals surface area contributed by atoms with E-state index in [-0.39, 0.29) is 11.3 Å². The van der Waals surface area contributed by atoms with Crippen LogP contribution in [0.4, 0.5) is 19.0 Å². The lowest BCUT2D eigenvalue weighted by Crippen LogP contribution is -2.27. The van der Waals surface area contributed by atoms with E-state index in [9.17, 15) is 18.0 Å². The van der Waals surface area contributed by atoms with Crippen molar-refractivity contribution >= 4 is 16.7 Å². The molecule has 1 aliphatic carbocycles. The third kappa shape index (κ3) is 3.01. The fourth-order valence-corrected chi connectivity index (χ4v) is 2.89. The van der Waals surface area contributed by atoms with Gasteiger partial charge in [-0.2, -0.15) is 18.2 Å². The van der Waals surface area contributed by atoms with Crippen molar-refractivity contribution in [3.8, 4) is 18.0 Å². The van der Waals surface area contributed by atoms with Gasteiger partial charge in [0.15, 0.2) is 0 Å². The number of nitrogens with one attached hydrogen (secondary N) is 1. The summed E-state index contributed by atoms with van der Waals surface area (Å²) in [5, 5.41) is 3.41. The van der Waals surface area contributed by atoms with Crippen molar-refractivity contribution in [2.45, 2.75) is 24.6 Å². The predicted molar refractivity (Wildman–Crippen MR) is 94.6 cm³/mol. The van der Waals surface area contributed by atoms with Crippen LogP contribution in [-0.2, 0) is 6.18 Å². The predicted octanol–water partition coefficient (Wildman–Crippen LogP) is 3.38. The molecule has 0 amide bonds. The number of nitrogens with zero attached hydrogens (tertiary/aromatic N) is 3. The monoisotopic (exact) mass is 370 g/mol. The van der Waals surface area contributed by atoms with Crippen LogP contribution in [0.3, 0.4) is 0 Å². The van der Waals surface area contributed by atoms with Crippen LogP contribution in [0.15, 0.2) is 47.5 Å². The van der Waals surface area contributed by atoms with Crippen LogP contribution in [-0.4, -0.2) is 20.1 Å². The van der Waals surface area contributed by atoms with Crippen molar-refractivity contribution in [2.24, 2.45) is 0 Å². The van der Waals surface area contributed by atoms with E-state index in [4.69, 9.17) is 6.42 Å². The molecule has 0 saturated heterocycles. The van der Waals surface area contributed by atoms with E-state index < -0.39 is 23.0 Å². The number of pyridine rings is 1. The molecule has 1 aromatic carbocycles. The zero-order chi connectivity index (χ0) is 19.2. The third-order valence-corrected chi connectivity index (χ3v) is 4.51. The van der Waals surface area contributed by atoms with Gasteiger partial charge >= 0.3 is 11.9 Å². The first-order valence-corrected chi connectivity index (χ1v) is 8.13. The largest absolute Gasteiger partial charge is 0.416 e. The van der Waals surface area contributed by atoms with E-state index >= 15 is 0 Å². The highest BCUT2D eigenvalue weighted by atomic mass is 19.4. The van der Waals surface area contributed by atoms with E-state index in [0.29, 0.717) is 23.9 Å². The first kappa shape index (κ1) is 17.1. The molecule has 0 atom stereocenters. The first-order valence-electron chi connectivity index (χ1n) is 8.13. The maximum Gasteiger partial charge on any atom is 0.416 e. The van der Waals surface area contributed by atoms with Gasteiger partial charge in [0.1, 0.15) is 5.82 Å². The Morgan fingerprint density at radius 1 is 1.26 bits per heavy atom. The first-order chi connectivity index (χ1) is 12.8. The molecule has 0 radical (unpaired) electrons. The average molecular weight is 370 g/mol. The molecule has 0 spiro atoms. The Labute approximate surface area is 151 Å². The molecule has 4 rings (SSSR count). The average Bonchev–Trinajstić information content (AvgIpc) is 3.41. The van der Waals surface area contributed by atoms with Crippen LogP contribution < -0.4 is 11.0 Å². The van der Waals surface area contributed by atoms with Gasteiger partial charge < -0.3 is 5.32 Å².